The molecule has 2 nitrogen and oxygen atoms in total. The Labute approximate surface area is 96.6 Å². The van der Waals surface area contributed by atoms with Crippen LogP contribution in [0.4, 0.5) is 0 Å². The van der Waals surface area contributed by atoms with Crippen molar-refractivity contribution in [3.05, 3.63) is 35.4 Å². The largest absolute Gasteiger partial charge is 0.362 e. The van der Waals surface area contributed by atoms with Crippen LogP contribution in [0.1, 0.15) is 51.0 Å². The molecule has 0 saturated carbocycles. The molecule has 0 radical (unpaired) electrons. The molecule has 0 aromatic heterocycles. The normalized spacial score (nSPS) is 33.5. The molecule has 2 unspecified atom stereocenters. The smallest absolute Gasteiger partial charge is 0.112 e. The fraction of sp³-hybridized carbons (Fsp3) is 0.571. The quantitative estimate of drug-likeness (QED) is 0.711. The minimum Gasteiger partial charge on any atom is -0.362 e. The highest BCUT2D eigenvalue weighted by Gasteiger charge is 2.51. The highest BCUT2D eigenvalue weighted by atomic mass is 16.6. The molecular weight excluding hydrogens is 200 g/mol. The zero-order valence-corrected chi connectivity index (χ0v) is 10.3. The molecule has 1 aromatic rings. The van der Waals surface area contributed by atoms with Gasteiger partial charge in [-0.1, -0.05) is 24.3 Å². The Morgan fingerprint density at radius 2 is 1.25 bits per heavy atom. The number of hydrogen-bond acceptors (Lipinski definition) is 2. The molecule has 2 saturated heterocycles. The Kier molecular flexibility index (Phi) is 1.85. The summed E-state index contributed by atoms with van der Waals surface area (Å²) in [6.45, 7) is 8.51. The van der Waals surface area contributed by atoms with Crippen LogP contribution < -0.4 is 0 Å². The van der Waals surface area contributed by atoms with Crippen LogP contribution in [-0.2, 0) is 9.47 Å². The number of epoxide rings is 2. The molecule has 0 amide bonds. The van der Waals surface area contributed by atoms with Crippen LogP contribution in [0.2, 0.25) is 0 Å². The van der Waals surface area contributed by atoms with Crippen LogP contribution in [0.25, 0.3) is 0 Å². The number of rotatable bonds is 2. The fourth-order valence-electron chi connectivity index (χ4n) is 2.36. The summed E-state index contributed by atoms with van der Waals surface area (Å²) < 4.78 is 11.3. The molecule has 3 rings (SSSR count). The van der Waals surface area contributed by atoms with Crippen molar-refractivity contribution < 1.29 is 9.47 Å². The van der Waals surface area contributed by atoms with Crippen molar-refractivity contribution in [2.24, 2.45) is 0 Å². The zero-order chi connectivity index (χ0) is 11.6. The van der Waals surface area contributed by atoms with Gasteiger partial charge >= 0.3 is 0 Å². The first kappa shape index (κ1) is 10.3. The Balaban J connectivity index is 1.85. The van der Waals surface area contributed by atoms with E-state index in [1.165, 1.54) is 11.1 Å². The van der Waals surface area contributed by atoms with E-state index in [9.17, 15) is 0 Å². The summed E-state index contributed by atoms with van der Waals surface area (Å²) in [6, 6.07) is 8.59. The van der Waals surface area contributed by atoms with Crippen LogP contribution >= 0.6 is 0 Å². The molecule has 86 valence electrons. The van der Waals surface area contributed by atoms with Gasteiger partial charge in [-0.05, 0) is 38.8 Å². The van der Waals surface area contributed by atoms with Gasteiger partial charge in [0.2, 0.25) is 0 Å². The summed E-state index contributed by atoms with van der Waals surface area (Å²) in [5, 5.41) is 0. The van der Waals surface area contributed by atoms with Gasteiger partial charge in [-0.15, -0.1) is 0 Å². The van der Waals surface area contributed by atoms with Gasteiger partial charge in [-0.3, -0.25) is 0 Å². The first-order valence-electron chi connectivity index (χ1n) is 5.86. The molecule has 0 spiro atoms. The maximum Gasteiger partial charge on any atom is 0.112 e. The molecule has 2 heterocycles. The number of hydrogen-bond donors (Lipinski definition) is 0. The summed E-state index contributed by atoms with van der Waals surface area (Å²) in [6.07, 6.45) is 0.517. The Hall–Kier alpha value is -0.860. The van der Waals surface area contributed by atoms with Gasteiger partial charge in [0.15, 0.2) is 0 Å². The highest BCUT2D eigenvalue weighted by molar-refractivity contribution is 5.34. The van der Waals surface area contributed by atoms with Crippen molar-refractivity contribution >= 4 is 0 Å². The number of ether oxygens (including phenoxy) is 2. The molecule has 0 bridgehead atoms. The Morgan fingerprint density at radius 3 is 1.56 bits per heavy atom. The fourth-order valence-corrected chi connectivity index (χ4v) is 2.36. The second-order valence-electron chi connectivity index (χ2n) is 5.87. The maximum absolute atomic E-state index is 5.66. The summed E-state index contributed by atoms with van der Waals surface area (Å²) in [4.78, 5) is 0. The predicted molar refractivity (Wildman–Crippen MR) is 62.3 cm³/mol. The van der Waals surface area contributed by atoms with Crippen LogP contribution in [0.3, 0.4) is 0 Å². The molecule has 2 atom stereocenters. The lowest BCUT2D eigenvalue weighted by Crippen LogP contribution is -2.00. The first-order valence-corrected chi connectivity index (χ1v) is 5.86. The van der Waals surface area contributed by atoms with Gasteiger partial charge in [-0.2, -0.15) is 0 Å². The molecule has 2 heteroatoms. The minimum absolute atomic E-state index is 0.0124. The molecule has 2 fully saturated rings. The summed E-state index contributed by atoms with van der Waals surface area (Å²) in [5.41, 5.74) is 2.57. The lowest BCUT2D eigenvalue weighted by molar-refractivity contribution is 0.324. The van der Waals surface area contributed by atoms with Gasteiger partial charge in [0.25, 0.3) is 0 Å². The average molecular weight is 218 g/mol. The molecular formula is C14H18O2. The van der Waals surface area contributed by atoms with Crippen LogP contribution in [-0.4, -0.2) is 11.2 Å². The Bertz CT molecular complexity index is 397. The maximum atomic E-state index is 5.66. The van der Waals surface area contributed by atoms with E-state index < -0.39 is 0 Å². The second kappa shape index (κ2) is 2.88. The molecule has 2 aliphatic rings. The average Bonchev–Trinajstić information content (AvgIpc) is 3.03. The van der Waals surface area contributed by atoms with E-state index in [2.05, 4.69) is 52.0 Å². The third-order valence-corrected chi connectivity index (χ3v) is 3.51. The van der Waals surface area contributed by atoms with Gasteiger partial charge in [0, 0.05) is 0 Å². The summed E-state index contributed by atoms with van der Waals surface area (Å²) in [5.74, 6) is 0. The van der Waals surface area contributed by atoms with Crippen molar-refractivity contribution in [1.82, 2.24) is 0 Å². The topological polar surface area (TPSA) is 25.1 Å². The molecule has 16 heavy (non-hydrogen) atoms. The molecule has 0 N–H and O–H groups in total. The van der Waals surface area contributed by atoms with E-state index in [0.717, 1.165) is 0 Å². The van der Waals surface area contributed by atoms with E-state index in [1.807, 2.05) is 0 Å². The van der Waals surface area contributed by atoms with Crippen molar-refractivity contribution in [1.29, 1.82) is 0 Å². The van der Waals surface area contributed by atoms with Crippen LogP contribution in [0.15, 0.2) is 24.3 Å². The van der Waals surface area contributed by atoms with Crippen molar-refractivity contribution in [2.75, 3.05) is 0 Å². The lowest BCUT2D eigenvalue weighted by Gasteiger charge is -2.02. The molecule has 0 aliphatic carbocycles. The SMILES string of the molecule is CC1(C)OC1c1cccc(C2OC2(C)C)c1. The zero-order valence-electron chi connectivity index (χ0n) is 10.3. The standard InChI is InChI=1S/C14H18O2/c1-13(2)11(15-13)9-6-5-7-10(8-9)12-14(3,4)16-12/h5-8,11-12H,1-4H3. The van der Waals surface area contributed by atoms with Crippen molar-refractivity contribution in [3.8, 4) is 0 Å². The van der Waals surface area contributed by atoms with Gasteiger partial charge in [0.1, 0.15) is 12.2 Å². The van der Waals surface area contributed by atoms with E-state index in [-0.39, 0.29) is 23.4 Å². The third kappa shape index (κ3) is 1.57. The van der Waals surface area contributed by atoms with E-state index in [0.29, 0.717) is 0 Å². The van der Waals surface area contributed by atoms with E-state index in [4.69, 9.17) is 9.47 Å². The van der Waals surface area contributed by atoms with Gasteiger partial charge in [0.05, 0.1) is 11.2 Å². The summed E-state index contributed by atoms with van der Waals surface area (Å²) in [7, 11) is 0. The minimum atomic E-state index is 0.0124. The van der Waals surface area contributed by atoms with E-state index in [1.54, 1.807) is 0 Å². The highest BCUT2D eigenvalue weighted by Crippen LogP contribution is 2.52. The second-order valence-corrected chi connectivity index (χ2v) is 5.87. The lowest BCUT2D eigenvalue weighted by atomic mass is 9.97. The van der Waals surface area contributed by atoms with Gasteiger partial charge < -0.3 is 9.47 Å². The van der Waals surface area contributed by atoms with Crippen molar-refractivity contribution in [3.63, 3.8) is 0 Å². The Morgan fingerprint density at radius 1 is 0.875 bits per heavy atom. The monoisotopic (exact) mass is 218 g/mol. The van der Waals surface area contributed by atoms with Crippen LogP contribution in [0, 0.1) is 0 Å². The first-order chi connectivity index (χ1) is 7.40. The summed E-state index contributed by atoms with van der Waals surface area (Å²) >= 11 is 0. The van der Waals surface area contributed by atoms with E-state index >= 15 is 0 Å². The predicted octanol–water partition coefficient (Wildman–Crippen LogP) is 3.39. The molecule has 1 aromatic carbocycles. The number of benzene rings is 1. The molecule has 2 aliphatic heterocycles. The van der Waals surface area contributed by atoms with Gasteiger partial charge in [-0.25, -0.2) is 0 Å². The third-order valence-electron chi connectivity index (χ3n) is 3.51. The van der Waals surface area contributed by atoms with Crippen molar-refractivity contribution in [2.45, 2.75) is 51.1 Å². The van der Waals surface area contributed by atoms with Crippen LogP contribution in [0.5, 0.6) is 0 Å².